The van der Waals surface area contributed by atoms with Crippen molar-refractivity contribution in [1.82, 2.24) is 15.6 Å². The van der Waals surface area contributed by atoms with Crippen molar-refractivity contribution in [2.75, 3.05) is 12.3 Å². The Morgan fingerprint density at radius 1 is 1.39 bits per heavy atom. The SMILES string of the molecule is CC(C)(C)NC(=O)CCNC(=O)c1cc(N)c[nH]1. The van der Waals surface area contributed by atoms with Crippen LogP contribution in [0.2, 0.25) is 0 Å². The zero-order chi connectivity index (χ0) is 13.8. The number of nitrogens with one attached hydrogen (secondary N) is 3. The second-order valence-corrected chi connectivity index (χ2v) is 5.15. The number of nitrogen functional groups attached to an aromatic ring is 1. The zero-order valence-electron chi connectivity index (χ0n) is 11.0. The monoisotopic (exact) mass is 252 g/mol. The molecule has 0 unspecified atom stereocenters. The lowest BCUT2D eigenvalue weighted by atomic mass is 10.1. The van der Waals surface area contributed by atoms with Crippen LogP contribution in [-0.4, -0.2) is 28.9 Å². The Morgan fingerprint density at radius 2 is 2.06 bits per heavy atom. The molecule has 0 aliphatic rings. The number of hydrogen-bond acceptors (Lipinski definition) is 3. The summed E-state index contributed by atoms with van der Waals surface area (Å²) in [6.45, 7) is 6.02. The predicted molar refractivity (Wildman–Crippen MR) is 70.1 cm³/mol. The number of anilines is 1. The first-order chi connectivity index (χ1) is 8.28. The van der Waals surface area contributed by atoms with Gasteiger partial charge < -0.3 is 21.4 Å². The molecule has 6 heteroatoms. The number of carbonyl (C=O) groups excluding carboxylic acids is 2. The third-order valence-electron chi connectivity index (χ3n) is 2.10. The van der Waals surface area contributed by atoms with Crippen LogP contribution in [0.3, 0.4) is 0 Å². The molecule has 6 nitrogen and oxygen atoms in total. The largest absolute Gasteiger partial charge is 0.397 e. The Hall–Kier alpha value is -1.98. The molecule has 5 N–H and O–H groups in total. The Morgan fingerprint density at radius 3 is 2.56 bits per heavy atom. The quantitative estimate of drug-likeness (QED) is 0.632. The number of nitrogens with two attached hydrogens (primary N) is 1. The van der Waals surface area contributed by atoms with E-state index in [1.807, 2.05) is 20.8 Å². The van der Waals surface area contributed by atoms with Crippen molar-refractivity contribution in [2.45, 2.75) is 32.7 Å². The highest BCUT2D eigenvalue weighted by molar-refractivity contribution is 5.93. The van der Waals surface area contributed by atoms with Gasteiger partial charge >= 0.3 is 0 Å². The van der Waals surface area contributed by atoms with Crippen LogP contribution in [0, 0.1) is 0 Å². The van der Waals surface area contributed by atoms with Crippen molar-refractivity contribution < 1.29 is 9.59 Å². The van der Waals surface area contributed by atoms with Crippen LogP contribution in [0.15, 0.2) is 12.3 Å². The smallest absolute Gasteiger partial charge is 0.267 e. The molecule has 1 aromatic rings. The van der Waals surface area contributed by atoms with Crippen molar-refractivity contribution in [1.29, 1.82) is 0 Å². The van der Waals surface area contributed by atoms with Crippen LogP contribution in [0.1, 0.15) is 37.7 Å². The number of amides is 2. The second kappa shape index (κ2) is 5.57. The summed E-state index contributed by atoms with van der Waals surface area (Å²) in [5.74, 6) is -0.357. The fourth-order valence-corrected chi connectivity index (χ4v) is 1.41. The lowest BCUT2D eigenvalue weighted by Gasteiger charge is -2.20. The number of aromatic nitrogens is 1. The van der Waals surface area contributed by atoms with E-state index in [2.05, 4.69) is 15.6 Å². The minimum atomic E-state index is -0.268. The minimum absolute atomic E-state index is 0.0891. The van der Waals surface area contributed by atoms with Gasteiger partial charge in [-0.3, -0.25) is 9.59 Å². The fourth-order valence-electron chi connectivity index (χ4n) is 1.41. The van der Waals surface area contributed by atoms with Gasteiger partial charge in [-0.1, -0.05) is 0 Å². The molecule has 1 aromatic heterocycles. The highest BCUT2D eigenvalue weighted by Gasteiger charge is 2.14. The summed E-state index contributed by atoms with van der Waals surface area (Å²) in [6, 6.07) is 1.55. The first-order valence-electron chi connectivity index (χ1n) is 5.81. The zero-order valence-corrected chi connectivity index (χ0v) is 11.0. The Labute approximate surface area is 106 Å². The van der Waals surface area contributed by atoms with Crippen molar-refractivity contribution in [2.24, 2.45) is 0 Å². The van der Waals surface area contributed by atoms with Crippen LogP contribution in [0.4, 0.5) is 5.69 Å². The maximum absolute atomic E-state index is 11.6. The summed E-state index contributed by atoms with van der Waals surface area (Å²) in [4.78, 5) is 25.8. The molecule has 0 radical (unpaired) electrons. The van der Waals surface area contributed by atoms with E-state index in [-0.39, 0.29) is 23.8 Å². The van der Waals surface area contributed by atoms with Crippen molar-refractivity contribution in [3.8, 4) is 0 Å². The maximum atomic E-state index is 11.6. The fraction of sp³-hybridized carbons (Fsp3) is 0.500. The molecule has 0 atom stereocenters. The number of rotatable bonds is 4. The lowest BCUT2D eigenvalue weighted by molar-refractivity contribution is -0.122. The molecule has 0 bridgehead atoms. The van der Waals surface area contributed by atoms with E-state index in [4.69, 9.17) is 5.73 Å². The van der Waals surface area contributed by atoms with Crippen LogP contribution < -0.4 is 16.4 Å². The molecule has 0 aliphatic carbocycles. The summed E-state index contributed by atoms with van der Waals surface area (Å²) in [7, 11) is 0. The van der Waals surface area contributed by atoms with E-state index in [9.17, 15) is 9.59 Å². The van der Waals surface area contributed by atoms with E-state index in [0.717, 1.165) is 0 Å². The molecule has 100 valence electrons. The summed E-state index contributed by atoms with van der Waals surface area (Å²) in [6.07, 6.45) is 1.79. The van der Waals surface area contributed by atoms with E-state index < -0.39 is 0 Å². The number of carbonyl (C=O) groups is 2. The first-order valence-corrected chi connectivity index (χ1v) is 5.81. The third-order valence-corrected chi connectivity index (χ3v) is 2.10. The van der Waals surface area contributed by atoms with Gasteiger partial charge in [0, 0.05) is 30.4 Å². The summed E-state index contributed by atoms with van der Waals surface area (Å²) in [5, 5.41) is 5.46. The molecule has 0 aromatic carbocycles. The van der Waals surface area contributed by atoms with Crippen LogP contribution in [-0.2, 0) is 4.79 Å². The van der Waals surface area contributed by atoms with E-state index in [1.54, 1.807) is 12.3 Å². The molecule has 0 saturated heterocycles. The van der Waals surface area contributed by atoms with Gasteiger partial charge in [0.25, 0.3) is 5.91 Å². The molecular weight excluding hydrogens is 232 g/mol. The number of aromatic amines is 1. The van der Waals surface area contributed by atoms with E-state index >= 15 is 0 Å². The summed E-state index contributed by atoms with van der Waals surface area (Å²) in [5.41, 5.74) is 6.13. The average Bonchev–Trinajstić information content (AvgIpc) is 2.62. The Bertz CT molecular complexity index is 432. The van der Waals surface area contributed by atoms with Gasteiger partial charge in [-0.25, -0.2) is 0 Å². The van der Waals surface area contributed by atoms with Gasteiger partial charge in [-0.05, 0) is 26.8 Å². The molecule has 0 aliphatic heterocycles. The van der Waals surface area contributed by atoms with Crippen molar-refractivity contribution in [3.63, 3.8) is 0 Å². The van der Waals surface area contributed by atoms with Crippen LogP contribution in [0.5, 0.6) is 0 Å². The first kappa shape index (κ1) is 14.1. The minimum Gasteiger partial charge on any atom is -0.397 e. The Balaban J connectivity index is 2.30. The van der Waals surface area contributed by atoms with E-state index in [0.29, 0.717) is 17.9 Å². The second-order valence-electron chi connectivity index (χ2n) is 5.15. The molecule has 2 amide bonds. The molecule has 18 heavy (non-hydrogen) atoms. The molecule has 0 saturated carbocycles. The third kappa shape index (κ3) is 4.90. The number of hydrogen-bond donors (Lipinski definition) is 4. The predicted octanol–water partition coefficient (Wildman–Crippen LogP) is 0.631. The Kier molecular flexibility index (Phi) is 4.36. The van der Waals surface area contributed by atoms with Gasteiger partial charge in [-0.2, -0.15) is 0 Å². The standard InChI is InChI=1S/C12H20N4O2/c1-12(2,3)16-10(17)4-5-14-11(18)9-6-8(13)7-15-9/h6-7,15H,4-5,13H2,1-3H3,(H,14,18)(H,16,17). The summed E-state index contributed by atoms with van der Waals surface area (Å²) >= 11 is 0. The summed E-state index contributed by atoms with van der Waals surface area (Å²) < 4.78 is 0. The van der Waals surface area contributed by atoms with Crippen LogP contribution in [0.25, 0.3) is 0 Å². The molecule has 0 fully saturated rings. The normalized spacial score (nSPS) is 11.1. The number of H-pyrrole nitrogens is 1. The molecule has 1 heterocycles. The highest BCUT2D eigenvalue weighted by atomic mass is 16.2. The maximum Gasteiger partial charge on any atom is 0.267 e. The van der Waals surface area contributed by atoms with Gasteiger partial charge in [0.1, 0.15) is 5.69 Å². The van der Waals surface area contributed by atoms with Crippen molar-refractivity contribution in [3.05, 3.63) is 18.0 Å². The molecular formula is C12H20N4O2. The van der Waals surface area contributed by atoms with Crippen molar-refractivity contribution >= 4 is 17.5 Å². The van der Waals surface area contributed by atoms with Gasteiger partial charge in [0.15, 0.2) is 0 Å². The molecule has 1 rings (SSSR count). The van der Waals surface area contributed by atoms with Gasteiger partial charge in [0.2, 0.25) is 5.91 Å². The molecule has 0 spiro atoms. The highest BCUT2D eigenvalue weighted by Crippen LogP contribution is 2.04. The van der Waals surface area contributed by atoms with Gasteiger partial charge in [0.05, 0.1) is 0 Å². The average molecular weight is 252 g/mol. The van der Waals surface area contributed by atoms with E-state index in [1.165, 1.54) is 0 Å². The van der Waals surface area contributed by atoms with Gasteiger partial charge in [-0.15, -0.1) is 0 Å². The van der Waals surface area contributed by atoms with Crippen LogP contribution >= 0.6 is 0 Å². The lowest BCUT2D eigenvalue weighted by Crippen LogP contribution is -2.42. The topological polar surface area (TPSA) is 100 Å².